The molecule has 2 saturated carbocycles. The summed E-state index contributed by atoms with van der Waals surface area (Å²) in [5.41, 5.74) is 6.29. The molecule has 2 atom stereocenters. The highest BCUT2D eigenvalue weighted by atomic mass is 16.5. The quantitative estimate of drug-likeness (QED) is 0.753. The van der Waals surface area contributed by atoms with Crippen molar-refractivity contribution in [2.45, 2.75) is 64.0 Å². The van der Waals surface area contributed by atoms with Crippen molar-refractivity contribution in [2.24, 2.45) is 29.4 Å². The minimum atomic E-state index is 0.134. The average molecular weight is 280 g/mol. The summed E-state index contributed by atoms with van der Waals surface area (Å²) in [5, 5.41) is 3.91. The van der Waals surface area contributed by atoms with Gasteiger partial charge in [0.2, 0.25) is 0 Å². The van der Waals surface area contributed by atoms with Gasteiger partial charge >= 0.3 is 0 Å². The van der Waals surface area contributed by atoms with E-state index in [0.717, 1.165) is 43.7 Å². The Hall–Kier alpha value is -0.120. The Balaban J connectivity index is 1.57. The van der Waals surface area contributed by atoms with E-state index in [1.165, 1.54) is 32.2 Å². The molecule has 1 aliphatic heterocycles. The van der Waals surface area contributed by atoms with Crippen LogP contribution in [0.5, 0.6) is 0 Å². The summed E-state index contributed by atoms with van der Waals surface area (Å²) in [4.78, 5) is 0. The van der Waals surface area contributed by atoms with E-state index < -0.39 is 0 Å². The van der Waals surface area contributed by atoms with Crippen molar-refractivity contribution < 1.29 is 4.74 Å². The molecule has 1 saturated heterocycles. The maximum Gasteiger partial charge on any atom is 0.0616 e. The van der Waals surface area contributed by atoms with Gasteiger partial charge in [0.15, 0.2) is 0 Å². The van der Waals surface area contributed by atoms with E-state index in [1.54, 1.807) is 0 Å². The lowest BCUT2D eigenvalue weighted by Crippen LogP contribution is -2.58. The van der Waals surface area contributed by atoms with E-state index in [2.05, 4.69) is 19.2 Å². The molecular formula is C17H32N2O. The first-order valence-corrected chi connectivity index (χ1v) is 8.70. The molecule has 1 heterocycles. The largest absolute Gasteiger partial charge is 0.378 e. The predicted octanol–water partition coefficient (Wildman–Crippen LogP) is 2.54. The van der Waals surface area contributed by atoms with Crippen molar-refractivity contribution in [3.63, 3.8) is 0 Å². The zero-order valence-corrected chi connectivity index (χ0v) is 13.2. The first kappa shape index (κ1) is 14.8. The summed E-state index contributed by atoms with van der Waals surface area (Å²) in [6.07, 6.45) is 8.41. The molecule has 3 heteroatoms. The Morgan fingerprint density at radius 1 is 1.20 bits per heavy atom. The van der Waals surface area contributed by atoms with Crippen LogP contribution in [0.1, 0.15) is 52.4 Å². The third kappa shape index (κ3) is 3.37. The van der Waals surface area contributed by atoms with Crippen LogP contribution in [0.25, 0.3) is 0 Å². The summed E-state index contributed by atoms with van der Waals surface area (Å²) < 4.78 is 5.93. The van der Waals surface area contributed by atoms with Crippen LogP contribution in [-0.2, 0) is 4.74 Å². The van der Waals surface area contributed by atoms with Gasteiger partial charge in [-0.2, -0.15) is 0 Å². The Labute approximate surface area is 124 Å². The molecule has 3 rings (SSSR count). The summed E-state index contributed by atoms with van der Waals surface area (Å²) in [6.45, 7) is 7.33. The molecule has 0 bridgehead atoms. The van der Waals surface area contributed by atoms with Crippen LogP contribution in [0, 0.1) is 23.7 Å². The van der Waals surface area contributed by atoms with Gasteiger partial charge in [0, 0.05) is 18.7 Å². The van der Waals surface area contributed by atoms with Crippen molar-refractivity contribution in [1.29, 1.82) is 0 Å². The van der Waals surface area contributed by atoms with Gasteiger partial charge in [0.05, 0.1) is 6.10 Å². The third-order valence-electron chi connectivity index (χ3n) is 5.81. The molecule has 2 aliphatic carbocycles. The molecular weight excluding hydrogens is 248 g/mol. The molecule has 0 spiro atoms. The number of hydrogen-bond donors (Lipinski definition) is 2. The molecule has 0 aromatic rings. The number of nitrogens with one attached hydrogen (secondary N) is 1. The van der Waals surface area contributed by atoms with Gasteiger partial charge < -0.3 is 15.8 Å². The second-order valence-corrected chi connectivity index (χ2v) is 7.81. The second kappa shape index (κ2) is 5.94. The fraction of sp³-hybridized carbons (Fsp3) is 1.00. The Kier molecular flexibility index (Phi) is 4.40. The van der Waals surface area contributed by atoms with Crippen molar-refractivity contribution >= 4 is 0 Å². The van der Waals surface area contributed by atoms with Crippen LogP contribution >= 0.6 is 0 Å². The highest BCUT2D eigenvalue weighted by molar-refractivity contribution is 4.98. The Morgan fingerprint density at radius 3 is 2.35 bits per heavy atom. The zero-order valence-electron chi connectivity index (χ0n) is 13.2. The van der Waals surface area contributed by atoms with Crippen molar-refractivity contribution in [3.8, 4) is 0 Å². The second-order valence-electron chi connectivity index (χ2n) is 7.81. The van der Waals surface area contributed by atoms with E-state index in [1.807, 2.05) is 0 Å². The van der Waals surface area contributed by atoms with Gasteiger partial charge in [-0.15, -0.1) is 0 Å². The minimum absolute atomic E-state index is 0.134. The summed E-state index contributed by atoms with van der Waals surface area (Å²) in [5.74, 6) is 3.56. The maximum absolute atomic E-state index is 6.15. The van der Waals surface area contributed by atoms with Crippen LogP contribution in [0.15, 0.2) is 0 Å². The average Bonchev–Trinajstić information content (AvgIpc) is 3.32. The Bertz CT molecular complexity index is 313. The number of ether oxygens (including phenoxy) is 1. The fourth-order valence-corrected chi connectivity index (χ4v) is 3.90. The number of hydrogen-bond acceptors (Lipinski definition) is 3. The molecule has 3 N–H and O–H groups in total. The van der Waals surface area contributed by atoms with E-state index in [9.17, 15) is 0 Å². The van der Waals surface area contributed by atoms with Gasteiger partial charge in [0.1, 0.15) is 0 Å². The molecule has 0 aromatic heterocycles. The standard InChI is InChI=1S/C17H32N2O/c1-12(2)16-9-17(11-18,7-8-20-16)19-10-15(13-3-4-13)14-5-6-14/h12-16,19H,3-11,18H2,1-2H3. The van der Waals surface area contributed by atoms with E-state index >= 15 is 0 Å². The molecule has 0 amide bonds. The third-order valence-corrected chi connectivity index (χ3v) is 5.81. The molecule has 3 aliphatic rings. The van der Waals surface area contributed by atoms with Gasteiger partial charge in [-0.3, -0.25) is 0 Å². The maximum atomic E-state index is 6.15. The van der Waals surface area contributed by atoms with Gasteiger partial charge in [-0.05, 0) is 68.7 Å². The SMILES string of the molecule is CC(C)C1CC(CN)(NCC(C2CC2)C2CC2)CCO1. The minimum Gasteiger partial charge on any atom is -0.378 e. The number of nitrogens with two attached hydrogens (primary N) is 1. The number of rotatable bonds is 7. The lowest BCUT2D eigenvalue weighted by Gasteiger charge is -2.43. The smallest absolute Gasteiger partial charge is 0.0616 e. The first-order chi connectivity index (χ1) is 9.63. The Morgan fingerprint density at radius 2 is 1.85 bits per heavy atom. The summed E-state index contributed by atoms with van der Waals surface area (Å²) in [6, 6.07) is 0. The van der Waals surface area contributed by atoms with E-state index in [-0.39, 0.29) is 5.54 Å². The monoisotopic (exact) mass is 280 g/mol. The summed E-state index contributed by atoms with van der Waals surface area (Å²) >= 11 is 0. The van der Waals surface area contributed by atoms with Crippen molar-refractivity contribution in [1.82, 2.24) is 5.32 Å². The molecule has 3 nitrogen and oxygen atoms in total. The van der Waals surface area contributed by atoms with Crippen LogP contribution in [0.3, 0.4) is 0 Å². The van der Waals surface area contributed by atoms with Crippen molar-refractivity contribution in [3.05, 3.63) is 0 Å². The molecule has 3 fully saturated rings. The highest BCUT2D eigenvalue weighted by Crippen LogP contribution is 2.49. The molecule has 116 valence electrons. The molecule has 2 unspecified atom stereocenters. The van der Waals surface area contributed by atoms with Crippen molar-refractivity contribution in [2.75, 3.05) is 19.7 Å². The lowest BCUT2D eigenvalue weighted by atomic mass is 9.82. The highest BCUT2D eigenvalue weighted by Gasteiger charge is 2.43. The van der Waals surface area contributed by atoms with Crippen LogP contribution in [0.2, 0.25) is 0 Å². The van der Waals surface area contributed by atoms with Crippen LogP contribution in [0.4, 0.5) is 0 Å². The first-order valence-electron chi connectivity index (χ1n) is 8.70. The van der Waals surface area contributed by atoms with Crippen LogP contribution in [-0.4, -0.2) is 31.3 Å². The van der Waals surface area contributed by atoms with Crippen LogP contribution < -0.4 is 11.1 Å². The molecule has 20 heavy (non-hydrogen) atoms. The van der Waals surface area contributed by atoms with Gasteiger partial charge in [-0.1, -0.05) is 13.8 Å². The van der Waals surface area contributed by atoms with E-state index in [0.29, 0.717) is 12.0 Å². The van der Waals surface area contributed by atoms with Gasteiger partial charge in [-0.25, -0.2) is 0 Å². The zero-order chi connectivity index (χ0) is 14.2. The topological polar surface area (TPSA) is 47.3 Å². The lowest BCUT2D eigenvalue weighted by molar-refractivity contribution is -0.0503. The van der Waals surface area contributed by atoms with E-state index in [4.69, 9.17) is 10.5 Å². The predicted molar refractivity (Wildman–Crippen MR) is 82.5 cm³/mol. The van der Waals surface area contributed by atoms with Gasteiger partial charge in [0.25, 0.3) is 0 Å². The summed E-state index contributed by atoms with van der Waals surface area (Å²) in [7, 11) is 0. The molecule has 0 aromatic carbocycles. The fourth-order valence-electron chi connectivity index (χ4n) is 3.90. The molecule has 0 radical (unpaired) electrons. The normalized spacial score (nSPS) is 35.0.